The monoisotopic (exact) mass is 289 g/mol. The van der Waals surface area contributed by atoms with E-state index in [1.165, 1.54) is 6.92 Å². The molecule has 0 bridgehead atoms. The van der Waals surface area contributed by atoms with E-state index in [0.29, 0.717) is 6.42 Å². The standard InChI is InChI=1S/C11H19N3O4S/c1-7-9(19(12,16)17)8(14-13-7)10(15)18-6-5-11(2,3)4/h5-6H2,1-4H3,(H,13,14)(H2,12,16,17). The van der Waals surface area contributed by atoms with Crippen molar-refractivity contribution >= 4 is 16.0 Å². The van der Waals surface area contributed by atoms with Crippen LogP contribution in [0.25, 0.3) is 0 Å². The second-order valence-corrected chi connectivity index (χ2v) is 7.02. The molecule has 1 aromatic heterocycles. The van der Waals surface area contributed by atoms with Crippen molar-refractivity contribution in [3.05, 3.63) is 11.4 Å². The molecule has 0 amide bonds. The number of nitrogens with two attached hydrogens (primary N) is 1. The highest BCUT2D eigenvalue weighted by atomic mass is 32.2. The van der Waals surface area contributed by atoms with Crippen LogP contribution < -0.4 is 5.14 Å². The van der Waals surface area contributed by atoms with Gasteiger partial charge < -0.3 is 4.74 Å². The maximum Gasteiger partial charge on any atom is 0.360 e. The van der Waals surface area contributed by atoms with E-state index in [-0.39, 0.29) is 28.3 Å². The van der Waals surface area contributed by atoms with E-state index in [0.717, 1.165) is 0 Å². The van der Waals surface area contributed by atoms with E-state index in [2.05, 4.69) is 10.2 Å². The molecule has 0 unspecified atom stereocenters. The lowest BCUT2D eigenvalue weighted by atomic mass is 9.93. The van der Waals surface area contributed by atoms with Crippen molar-refractivity contribution < 1.29 is 17.9 Å². The number of sulfonamides is 1. The van der Waals surface area contributed by atoms with E-state index in [9.17, 15) is 13.2 Å². The molecule has 0 aromatic carbocycles. The molecule has 8 heteroatoms. The third kappa shape index (κ3) is 4.32. The Morgan fingerprint density at radius 2 is 2.00 bits per heavy atom. The highest BCUT2D eigenvalue weighted by Gasteiger charge is 2.27. The van der Waals surface area contributed by atoms with Gasteiger partial charge in [-0.2, -0.15) is 5.10 Å². The summed E-state index contributed by atoms with van der Waals surface area (Å²) in [6.45, 7) is 7.69. The largest absolute Gasteiger partial charge is 0.461 e. The van der Waals surface area contributed by atoms with Crippen molar-refractivity contribution in [2.75, 3.05) is 6.61 Å². The molecule has 0 fully saturated rings. The molecule has 0 saturated carbocycles. The number of aromatic nitrogens is 2. The van der Waals surface area contributed by atoms with Crippen LogP contribution in [0.1, 0.15) is 43.4 Å². The number of aryl methyl sites for hydroxylation is 1. The fraction of sp³-hybridized carbons (Fsp3) is 0.636. The second-order valence-electron chi connectivity index (χ2n) is 5.52. The van der Waals surface area contributed by atoms with Gasteiger partial charge in [-0.15, -0.1) is 0 Å². The first-order chi connectivity index (χ1) is 8.52. The maximum atomic E-state index is 11.8. The van der Waals surface area contributed by atoms with Crippen LogP contribution in [0.15, 0.2) is 4.90 Å². The Kier molecular flexibility index (Phi) is 4.36. The van der Waals surface area contributed by atoms with E-state index in [1.807, 2.05) is 20.8 Å². The van der Waals surface area contributed by atoms with Gasteiger partial charge in [-0.3, -0.25) is 5.10 Å². The molecule has 0 aliphatic rings. The van der Waals surface area contributed by atoms with Gasteiger partial charge in [0.05, 0.1) is 12.3 Å². The molecule has 0 atom stereocenters. The molecular formula is C11H19N3O4S. The molecule has 108 valence electrons. The fourth-order valence-corrected chi connectivity index (χ4v) is 2.29. The van der Waals surface area contributed by atoms with Gasteiger partial charge in [-0.1, -0.05) is 20.8 Å². The summed E-state index contributed by atoms with van der Waals surface area (Å²) in [5.74, 6) is -0.794. The number of ether oxygens (including phenoxy) is 1. The molecule has 7 nitrogen and oxygen atoms in total. The minimum absolute atomic E-state index is 0.0184. The number of aromatic amines is 1. The van der Waals surface area contributed by atoms with Crippen molar-refractivity contribution in [2.45, 2.75) is 39.0 Å². The zero-order valence-electron chi connectivity index (χ0n) is 11.5. The summed E-state index contributed by atoms with van der Waals surface area (Å²) in [6.07, 6.45) is 0.660. The maximum absolute atomic E-state index is 11.8. The fourth-order valence-electron chi connectivity index (χ4n) is 1.42. The van der Waals surface area contributed by atoms with Gasteiger partial charge in [0, 0.05) is 0 Å². The van der Waals surface area contributed by atoms with Crippen molar-refractivity contribution in [2.24, 2.45) is 10.6 Å². The highest BCUT2D eigenvalue weighted by Crippen LogP contribution is 2.20. The molecule has 0 spiro atoms. The summed E-state index contributed by atoms with van der Waals surface area (Å²) in [6, 6.07) is 0. The lowest BCUT2D eigenvalue weighted by Crippen LogP contribution is -2.19. The molecule has 1 aromatic rings. The Bertz CT molecular complexity index is 569. The smallest absolute Gasteiger partial charge is 0.360 e. The normalized spacial score (nSPS) is 12.5. The first kappa shape index (κ1) is 15.6. The highest BCUT2D eigenvalue weighted by molar-refractivity contribution is 7.89. The number of primary sulfonamides is 1. The van der Waals surface area contributed by atoms with Crippen LogP contribution in [0, 0.1) is 12.3 Å². The predicted molar refractivity (Wildman–Crippen MR) is 69.1 cm³/mol. The molecule has 0 saturated heterocycles. The van der Waals surface area contributed by atoms with Crippen LogP contribution in [0.4, 0.5) is 0 Å². The zero-order valence-corrected chi connectivity index (χ0v) is 12.3. The summed E-state index contributed by atoms with van der Waals surface area (Å²) in [7, 11) is -4.01. The SMILES string of the molecule is Cc1[nH]nc(C(=O)OCCC(C)(C)C)c1S(N)(=O)=O. The number of rotatable bonds is 4. The Balaban J connectivity index is 2.85. The molecule has 1 heterocycles. The Labute approximate surface area is 112 Å². The number of carbonyl (C=O) groups excluding carboxylic acids is 1. The van der Waals surface area contributed by atoms with Crippen molar-refractivity contribution in [3.63, 3.8) is 0 Å². The number of H-pyrrole nitrogens is 1. The third-order valence-corrected chi connectivity index (χ3v) is 3.52. The average Bonchev–Trinajstić information content (AvgIpc) is 2.57. The van der Waals surface area contributed by atoms with Crippen LogP contribution in [0.2, 0.25) is 0 Å². The summed E-state index contributed by atoms with van der Waals surface area (Å²) in [4.78, 5) is 11.5. The summed E-state index contributed by atoms with van der Waals surface area (Å²) in [5, 5.41) is 11.1. The molecule has 1 rings (SSSR count). The Hall–Kier alpha value is -1.41. The first-order valence-electron chi connectivity index (χ1n) is 5.77. The summed E-state index contributed by atoms with van der Waals surface area (Å²) < 4.78 is 27.8. The topological polar surface area (TPSA) is 115 Å². The minimum atomic E-state index is -4.01. The van der Waals surface area contributed by atoms with Crippen LogP contribution in [0.3, 0.4) is 0 Å². The first-order valence-corrected chi connectivity index (χ1v) is 7.32. The van der Waals surface area contributed by atoms with Crippen LogP contribution >= 0.6 is 0 Å². The van der Waals surface area contributed by atoms with Gasteiger partial charge in [-0.25, -0.2) is 18.4 Å². The second kappa shape index (κ2) is 5.30. The van der Waals surface area contributed by atoms with Gasteiger partial charge in [0.15, 0.2) is 5.69 Å². The van der Waals surface area contributed by atoms with Gasteiger partial charge in [0.25, 0.3) is 0 Å². The number of hydrogen-bond donors (Lipinski definition) is 2. The lowest BCUT2D eigenvalue weighted by Gasteiger charge is -2.17. The van der Waals surface area contributed by atoms with Crippen molar-refractivity contribution in [1.82, 2.24) is 10.2 Å². The third-order valence-electron chi connectivity index (χ3n) is 2.45. The van der Waals surface area contributed by atoms with Gasteiger partial charge >= 0.3 is 5.97 Å². The molecule has 0 aliphatic heterocycles. The van der Waals surface area contributed by atoms with Crippen molar-refractivity contribution in [3.8, 4) is 0 Å². The Morgan fingerprint density at radius 3 is 2.47 bits per heavy atom. The Morgan fingerprint density at radius 1 is 1.42 bits per heavy atom. The van der Waals surface area contributed by atoms with Gasteiger partial charge in [0.1, 0.15) is 4.90 Å². The van der Waals surface area contributed by atoms with Crippen molar-refractivity contribution in [1.29, 1.82) is 0 Å². The number of carbonyl (C=O) groups is 1. The van der Waals surface area contributed by atoms with Crippen LogP contribution in [-0.2, 0) is 14.8 Å². The molecule has 0 radical (unpaired) electrons. The number of nitrogens with zero attached hydrogens (tertiary/aromatic N) is 1. The number of esters is 1. The molecule has 3 N–H and O–H groups in total. The number of hydrogen-bond acceptors (Lipinski definition) is 5. The molecule has 19 heavy (non-hydrogen) atoms. The lowest BCUT2D eigenvalue weighted by molar-refractivity contribution is 0.0453. The van der Waals surface area contributed by atoms with E-state index in [4.69, 9.17) is 9.88 Å². The van der Waals surface area contributed by atoms with Crippen LogP contribution in [-0.4, -0.2) is 31.2 Å². The quantitative estimate of drug-likeness (QED) is 0.801. The average molecular weight is 289 g/mol. The predicted octanol–water partition coefficient (Wildman–Crippen LogP) is 0.959. The minimum Gasteiger partial charge on any atom is -0.461 e. The van der Waals surface area contributed by atoms with Gasteiger partial charge in [0.2, 0.25) is 10.0 Å². The summed E-state index contributed by atoms with van der Waals surface area (Å²) >= 11 is 0. The number of nitrogens with one attached hydrogen (secondary N) is 1. The van der Waals surface area contributed by atoms with E-state index < -0.39 is 16.0 Å². The zero-order chi connectivity index (χ0) is 14.8. The van der Waals surface area contributed by atoms with E-state index >= 15 is 0 Å². The van der Waals surface area contributed by atoms with Gasteiger partial charge in [-0.05, 0) is 18.8 Å². The van der Waals surface area contributed by atoms with Crippen LogP contribution in [0.5, 0.6) is 0 Å². The molecule has 0 aliphatic carbocycles. The molecular weight excluding hydrogens is 270 g/mol. The summed E-state index contributed by atoms with van der Waals surface area (Å²) in [5.41, 5.74) is -0.0657. The van der Waals surface area contributed by atoms with E-state index in [1.54, 1.807) is 0 Å².